The van der Waals surface area contributed by atoms with E-state index in [9.17, 15) is 14.0 Å². The summed E-state index contributed by atoms with van der Waals surface area (Å²) in [4.78, 5) is 26.1. The molecule has 0 radical (unpaired) electrons. The molecule has 0 aliphatic carbocycles. The molecule has 3 amide bonds. The predicted octanol–water partition coefficient (Wildman–Crippen LogP) is 3.47. The van der Waals surface area contributed by atoms with Gasteiger partial charge in [-0.25, -0.2) is 9.18 Å². The molecule has 1 saturated heterocycles. The average molecular weight is 357 g/mol. The van der Waals surface area contributed by atoms with Gasteiger partial charge >= 0.3 is 6.03 Å². The van der Waals surface area contributed by atoms with E-state index in [0.29, 0.717) is 17.1 Å². The summed E-state index contributed by atoms with van der Waals surface area (Å²) in [6.45, 7) is 1.26. The molecular weight excluding hydrogens is 337 g/mol. The van der Waals surface area contributed by atoms with Crippen LogP contribution in [0.3, 0.4) is 0 Å². The van der Waals surface area contributed by atoms with Crippen molar-refractivity contribution in [1.82, 2.24) is 4.90 Å². The van der Waals surface area contributed by atoms with Crippen LogP contribution in [-0.4, -0.2) is 36.5 Å². The zero-order valence-corrected chi connectivity index (χ0v) is 14.2. The first-order valence-corrected chi connectivity index (χ1v) is 8.45. The second kappa shape index (κ2) is 8.33. The lowest BCUT2D eigenvalue weighted by molar-refractivity contribution is -0.118. The summed E-state index contributed by atoms with van der Waals surface area (Å²) in [5.41, 5.74) is 1.02. The third kappa shape index (κ3) is 4.72. The maximum Gasteiger partial charge on any atom is 0.321 e. The molecule has 26 heavy (non-hydrogen) atoms. The summed E-state index contributed by atoms with van der Waals surface area (Å²) in [5.74, 6) is -0.348. The molecule has 2 aromatic rings. The number of carbonyl (C=O) groups is 2. The Bertz CT molecular complexity index is 774. The molecule has 2 aromatic carbocycles. The second-order valence-corrected chi connectivity index (χ2v) is 5.96. The van der Waals surface area contributed by atoms with Gasteiger partial charge in [-0.2, -0.15) is 0 Å². The number of halogens is 1. The molecule has 0 bridgehead atoms. The number of carbonyl (C=O) groups excluding carboxylic acids is 2. The number of ether oxygens (including phenoxy) is 1. The number of amides is 3. The van der Waals surface area contributed by atoms with Crippen molar-refractivity contribution in [3.8, 4) is 5.75 Å². The predicted molar refractivity (Wildman–Crippen MR) is 96.8 cm³/mol. The van der Waals surface area contributed by atoms with Crippen LogP contribution < -0.4 is 15.4 Å². The normalized spacial score (nSPS) is 13.3. The molecule has 0 spiro atoms. The molecule has 1 fully saturated rings. The molecule has 0 unspecified atom stereocenters. The van der Waals surface area contributed by atoms with Crippen LogP contribution in [0.25, 0.3) is 0 Å². The summed E-state index contributed by atoms with van der Waals surface area (Å²) < 4.78 is 18.2. The van der Waals surface area contributed by atoms with Gasteiger partial charge in [0.2, 0.25) is 0 Å². The van der Waals surface area contributed by atoms with Gasteiger partial charge in [0.1, 0.15) is 11.6 Å². The standard InChI is InChI=1S/C19H20FN3O3/c20-14-7-9-15(10-8-14)26-13-18(24)21-16-5-1-2-6-17(16)22-19(25)23-11-3-4-12-23/h1-2,5-10H,3-4,11-13H2,(H,21,24)(H,22,25). The van der Waals surface area contributed by atoms with Gasteiger partial charge in [-0.15, -0.1) is 0 Å². The zero-order chi connectivity index (χ0) is 18.4. The summed E-state index contributed by atoms with van der Waals surface area (Å²) in [5, 5.41) is 5.54. The van der Waals surface area contributed by atoms with E-state index in [0.717, 1.165) is 25.9 Å². The number of likely N-dealkylation sites (tertiary alicyclic amines) is 1. The van der Waals surface area contributed by atoms with Crippen LogP contribution in [0, 0.1) is 5.82 Å². The van der Waals surface area contributed by atoms with Crippen LogP contribution in [-0.2, 0) is 4.79 Å². The minimum atomic E-state index is -0.378. The molecule has 0 saturated carbocycles. The van der Waals surface area contributed by atoms with E-state index in [1.807, 2.05) is 0 Å². The highest BCUT2D eigenvalue weighted by atomic mass is 19.1. The Morgan fingerprint density at radius 2 is 1.58 bits per heavy atom. The van der Waals surface area contributed by atoms with Gasteiger partial charge in [0.25, 0.3) is 5.91 Å². The van der Waals surface area contributed by atoms with Crippen LogP contribution in [0.1, 0.15) is 12.8 Å². The smallest absolute Gasteiger partial charge is 0.321 e. The van der Waals surface area contributed by atoms with Crippen molar-refractivity contribution in [3.63, 3.8) is 0 Å². The fourth-order valence-electron chi connectivity index (χ4n) is 2.68. The highest BCUT2D eigenvalue weighted by molar-refractivity contribution is 5.99. The number of benzene rings is 2. The van der Waals surface area contributed by atoms with E-state index >= 15 is 0 Å². The summed E-state index contributed by atoms with van der Waals surface area (Å²) >= 11 is 0. The Balaban J connectivity index is 1.57. The Hall–Kier alpha value is -3.09. The number of hydrogen-bond donors (Lipinski definition) is 2. The molecule has 7 heteroatoms. The molecule has 3 rings (SSSR count). The van der Waals surface area contributed by atoms with Crippen LogP contribution in [0.4, 0.5) is 20.6 Å². The first-order valence-electron chi connectivity index (χ1n) is 8.45. The molecule has 1 heterocycles. The van der Waals surface area contributed by atoms with Crippen molar-refractivity contribution in [1.29, 1.82) is 0 Å². The largest absolute Gasteiger partial charge is 0.484 e. The molecule has 2 N–H and O–H groups in total. The lowest BCUT2D eigenvalue weighted by Crippen LogP contribution is -2.32. The molecule has 6 nitrogen and oxygen atoms in total. The van der Waals surface area contributed by atoms with Gasteiger partial charge in [-0.1, -0.05) is 12.1 Å². The topological polar surface area (TPSA) is 70.7 Å². The van der Waals surface area contributed by atoms with Gasteiger partial charge in [0, 0.05) is 13.1 Å². The molecule has 0 aromatic heterocycles. The van der Waals surface area contributed by atoms with Gasteiger partial charge in [-0.05, 0) is 49.2 Å². The van der Waals surface area contributed by atoms with Crippen molar-refractivity contribution in [3.05, 3.63) is 54.3 Å². The van der Waals surface area contributed by atoms with Gasteiger partial charge < -0.3 is 20.3 Å². The van der Waals surface area contributed by atoms with E-state index in [4.69, 9.17) is 4.74 Å². The van der Waals surface area contributed by atoms with Crippen LogP contribution in [0.5, 0.6) is 5.75 Å². The number of urea groups is 1. The third-order valence-corrected chi connectivity index (χ3v) is 4.02. The van der Waals surface area contributed by atoms with Crippen molar-refractivity contribution in [2.75, 3.05) is 30.3 Å². The minimum absolute atomic E-state index is 0.174. The number of hydrogen-bond acceptors (Lipinski definition) is 3. The highest BCUT2D eigenvalue weighted by Crippen LogP contribution is 2.22. The number of anilines is 2. The van der Waals surface area contributed by atoms with Crippen molar-refractivity contribution in [2.45, 2.75) is 12.8 Å². The molecule has 0 atom stereocenters. The number of para-hydroxylation sites is 2. The van der Waals surface area contributed by atoms with Crippen molar-refractivity contribution < 1.29 is 18.7 Å². The van der Waals surface area contributed by atoms with E-state index < -0.39 is 0 Å². The summed E-state index contributed by atoms with van der Waals surface area (Å²) in [7, 11) is 0. The monoisotopic (exact) mass is 357 g/mol. The lowest BCUT2D eigenvalue weighted by atomic mass is 10.2. The Labute approximate surface area is 150 Å². The quantitative estimate of drug-likeness (QED) is 0.861. The van der Waals surface area contributed by atoms with Crippen LogP contribution in [0.15, 0.2) is 48.5 Å². The number of rotatable bonds is 5. The van der Waals surface area contributed by atoms with E-state index in [-0.39, 0.29) is 24.4 Å². The average Bonchev–Trinajstić information content (AvgIpc) is 3.18. The fourth-order valence-corrected chi connectivity index (χ4v) is 2.68. The van der Waals surface area contributed by atoms with Crippen LogP contribution in [0.2, 0.25) is 0 Å². The number of nitrogens with zero attached hydrogens (tertiary/aromatic N) is 1. The first-order chi connectivity index (χ1) is 12.6. The minimum Gasteiger partial charge on any atom is -0.484 e. The Morgan fingerprint density at radius 1 is 0.962 bits per heavy atom. The molecule has 1 aliphatic rings. The summed E-state index contributed by atoms with van der Waals surface area (Å²) in [6, 6.07) is 12.2. The lowest BCUT2D eigenvalue weighted by Gasteiger charge is -2.18. The molecule has 136 valence electrons. The number of nitrogens with one attached hydrogen (secondary N) is 2. The van der Waals surface area contributed by atoms with Crippen molar-refractivity contribution in [2.24, 2.45) is 0 Å². The summed E-state index contributed by atoms with van der Waals surface area (Å²) in [6.07, 6.45) is 2.01. The Kier molecular flexibility index (Phi) is 5.68. The highest BCUT2D eigenvalue weighted by Gasteiger charge is 2.19. The Morgan fingerprint density at radius 3 is 2.23 bits per heavy atom. The molecular formula is C19H20FN3O3. The molecule has 1 aliphatic heterocycles. The fraction of sp³-hybridized carbons (Fsp3) is 0.263. The van der Waals surface area contributed by atoms with E-state index in [1.54, 1.807) is 29.2 Å². The van der Waals surface area contributed by atoms with E-state index in [1.165, 1.54) is 24.3 Å². The SMILES string of the molecule is O=C(COc1ccc(F)cc1)Nc1ccccc1NC(=O)N1CCCC1. The van der Waals surface area contributed by atoms with Gasteiger partial charge in [0.15, 0.2) is 6.61 Å². The zero-order valence-electron chi connectivity index (χ0n) is 14.2. The second-order valence-electron chi connectivity index (χ2n) is 5.96. The maximum atomic E-state index is 12.9. The van der Waals surface area contributed by atoms with E-state index in [2.05, 4.69) is 10.6 Å². The maximum absolute atomic E-state index is 12.9. The van der Waals surface area contributed by atoms with Gasteiger partial charge in [0.05, 0.1) is 11.4 Å². The first kappa shape index (κ1) is 17.7. The van der Waals surface area contributed by atoms with Gasteiger partial charge in [-0.3, -0.25) is 4.79 Å². The van der Waals surface area contributed by atoms with Crippen LogP contribution >= 0.6 is 0 Å². The third-order valence-electron chi connectivity index (χ3n) is 4.02. The van der Waals surface area contributed by atoms with Crippen molar-refractivity contribution >= 4 is 23.3 Å².